The van der Waals surface area contributed by atoms with Crippen LogP contribution in [0.1, 0.15) is 40.4 Å². The third-order valence-corrected chi connectivity index (χ3v) is 5.79. The van der Waals surface area contributed by atoms with Crippen molar-refractivity contribution in [2.75, 3.05) is 5.32 Å². The summed E-state index contributed by atoms with van der Waals surface area (Å²) in [7, 11) is 0. The van der Waals surface area contributed by atoms with Crippen LogP contribution in [-0.2, 0) is 5.41 Å². The Morgan fingerprint density at radius 3 is 2.10 bits per heavy atom. The summed E-state index contributed by atoms with van der Waals surface area (Å²) in [6, 6.07) is 5.70. The van der Waals surface area contributed by atoms with Crippen molar-refractivity contribution in [3.63, 3.8) is 0 Å². The number of benzene rings is 2. The van der Waals surface area contributed by atoms with E-state index in [1.807, 2.05) is 0 Å². The van der Waals surface area contributed by atoms with Crippen molar-refractivity contribution in [1.29, 1.82) is 0 Å². The molecular weight excluding hydrogens is 494 g/mol. The average molecular weight is 511 g/mol. The first-order valence-corrected chi connectivity index (χ1v) is 9.69. The van der Waals surface area contributed by atoms with Gasteiger partial charge in [0, 0.05) is 10.0 Å². The molecule has 0 aliphatic heterocycles. The van der Waals surface area contributed by atoms with Crippen LogP contribution in [0.15, 0.2) is 40.0 Å². The summed E-state index contributed by atoms with van der Waals surface area (Å²) in [5.74, 6) is -0.701. The van der Waals surface area contributed by atoms with Gasteiger partial charge in [0.05, 0.1) is 5.69 Å². The Morgan fingerprint density at radius 1 is 1.06 bits per heavy atom. The Labute approximate surface area is 182 Å². The molecule has 31 heavy (non-hydrogen) atoms. The molecule has 0 unspecified atom stereocenters. The van der Waals surface area contributed by atoms with E-state index < -0.39 is 35.7 Å². The standard InChI is InChI=1S/C20H17BrF6N2O2/c1-4-18(19(22,23)24,20(25,26)27)12-8-10(2)16(14(21)9-12)28-17(30)13-6-5-7-15(29-31)11(13)3/h5-9H,4H2,1-3H3,(H,28,30). The minimum atomic E-state index is -5.59. The van der Waals surface area contributed by atoms with Gasteiger partial charge in [0.2, 0.25) is 0 Å². The van der Waals surface area contributed by atoms with Crippen molar-refractivity contribution in [2.45, 2.75) is 45.0 Å². The van der Waals surface area contributed by atoms with Crippen molar-refractivity contribution >= 4 is 33.2 Å². The molecule has 0 aliphatic carbocycles. The van der Waals surface area contributed by atoms with Crippen LogP contribution in [-0.4, -0.2) is 18.3 Å². The van der Waals surface area contributed by atoms with Crippen molar-refractivity contribution in [2.24, 2.45) is 5.18 Å². The minimum Gasteiger partial charge on any atom is -0.321 e. The zero-order chi connectivity index (χ0) is 23.8. The minimum absolute atomic E-state index is 0.00645. The van der Waals surface area contributed by atoms with Gasteiger partial charge in [0.25, 0.3) is 5.91 Å². The molecule has 2 rings (SSSR count). The van der Waals surface area contributed by atoms with Crippen molar-refractivity contribution in [3.05, 3.63) is 62.0 Å². The highest BCUT2D eigenvalue weighted by Crippen LogP contribution is 2.55. The van der Waals surface area contributed by atoms with Crippen LogP contribution < -0.4 is 5.32 Å². The van der Waals surface area contributed by atoms with E-state index in [1.54, 1.807) is 0 Å². The summed E-state index contributed by atoms with van der Waals surface area (Å²) in [6.07, 6.45) is -12.4. The lowest BCUT2D eigenvalue weighted by Gasteiger charge is -2.37. The number of rotatable bonds is 5. The predicted molar refractivity (Wildman–Crippen MR) is 108 cm³/mol. The maximum Gasteiger partial charge on any atom is 0.407 e. The predicted octanol–water partition coefficient (Wildman–Crippen LogP) is 7.49. The van der Waals surface area contributed by atoms with Gasteiger partial charge in [-0.25, -0.2) is 0 Å². The monoisotopic (exact) mass is 510 g/mol. The maximum atomic E-state index is 13.6. The molecule has 0 fully saturated rings. The second kappa shape index (κ2) is 8.60. The molecule has 0 heterocycles. The second-order valence-corrected chi connectivity index (χ2v) is 7.75. The third kappa shape index (κ3) is 4.32. The summed E-state index contributed by atoms with van der Waals surface area (Å²) in [6.45, 7) is 3.59. The molecule has 168 valence electrons. The van der Waals surface area contributed by atoms with Crippen LogP contribution in [0.3, 0.4) is 0 Å². The molecule has 4 nitrogen and oxygen atoms in total. The number of aryl methyl sites for hydroxylation is 1. The zero-order valence-electron chi connectivity index (χ0n) is 16.5. The molecule has 0 spiro atoms. The second-order valence-electron chi connectivity index (χ2n) is 6.90. The Bertz CT molecular complexity index is 981. The van der Waals surface area contributed by atoms with Gasteiger partial charge in [0.1, 0.15) is 5.69 Å². The summed E-state index contributed by atoms with van der Waals surface area (Å²) in [5.41, 5.74) is -4.66. The highest BCUT2D eigenvalue weighted by atomic mass is 79.9. The van der Waals surface area contributed by atoms with Gasteiger partial charge in [0.15, 0.2) is 5.41 Å². The largest absolute Gasteiger partial charge is 0.407 e. The third-order valence-electron chi connectivity index (χ3n) is 5.17. The molecule has 0 saturated heterocycles. The fourth-order valence-corrected chi connectivity index (χ4v) is 4.05. The van der Waals surface area contributed by atoms with E-state index in [2.05, 4.69) is 26.4 Å². The molecule has 2 aromatic carbocycles. The lowest BCUT2D eigenvalue weighted by Crippen LogP contribution is -2.53. The molecule has 11 heteroatoms. The van der Waals surface area contributed by atoms with Crippen molar-refractivity contribution < 1.29 is 31.1 Å². The lowest BCUT2D eigenvalue weighted by atomic mass is 9.76. The maximum absolute atomic E-state index is 13.6. The number of nitroso groups, excluding NO2 is 1. The van der Waals surface area contributed by atoms with Gasteiger partial charge in [-0.2, -0.15) is 26.3 Å². The number of carbonyl (C=O) groups excluding carboxylic acids is 1. The summed E-state index contributed by atoms with van der Waals surface area (Å²) in [4.78, 5) is 23.4. The summed E-state index contributed by atoms with van der Waals surface area (Å²) in [5, 5.41) is 5.27. The SMILES string of the molecule is CCC(c1cc(C)c(NC(=O)c2cccc(N=O)c2C)c(Br)c1)(C(F)(F)F)C(F)(F)F. The quantitative estimate of drug-likeness (QED) is 0.334. The fraction of sp³-hybridized carbons (Fsp3) is 0.350. The number of carbonyl (C=O) groups is 1. The first kappa shape index (κ1) is 24.8. The zero-order valence-corrected chi connectivity index (χ0v) is 18.1. The summed E-state index contributed by atoms with van der Waals surface area (Å²) >= 11 is 2.98. The number of hydrogen-bond acceptors (Lipinski definition) is 3. The van der Waals surface area contributed by atoms with E-state index in [0.29, 0.717) is 6.07 Å². The Kier molecular flexibility index (Phi) is 6.89. The van der Waals surface area contributed by atoms with Crippen LogP contribution in [0.4, 0.5) is 37.7 Å². The van der Waals surface area contributed by atoms with E-state index in [1.165, 1.54) is 32.0 Å². The number of halogens is 7. The molecule has 0 aliphatic rings. The van der Waals surface area contributed by atoms with Crippen LogP contribution in [0.2, 0.25) is 0 Å². The van der Waals surface area contributed by atoms with E-state index in [0.717, 1.165) is 13.0 Å². The highest BCUT2D eigenvalue weighted by molar-refractivity contribution is 9.10. The van der Waals surface area contributed by atoms with Crippen molar-refractivity contribution in [3.8, 4) is 0 Å². The van der Waals surface area contributed by atoms with Gasteiger partial charge in [-0.1, -0.05) is 19.1 Å². The smallest absolute Gasteiger partial charge is 0.321 e. The number of alkyl halides is 6. The number of hydrogen-bond donors (Lipinski definition) is 1. The molecule has 2 aromatic rings. The molecule has 0 radical (unpaired) electrons. The molecule has 1 amide bonds. The summed E-state index contributed by atoms with van der Waals surface area (Å²) < 4.78 is 81.6. The first-order valence-electron chi connectivity index (χ1n) is 8.89. The topological polar surface area (TPSA) is 58.5 Å². The Morgan fingerprint density at radius 2 is 1.65 bits per heavy atom. The van der Waals surface area contributed by atoms with Crippen LogP contribution >= 0.6 is 15.9 Å². The van der Waals surface area contributed by atoms with Gasteiger partial charge in [-0.15, -0.1) is 4.91 Å². The van der Waals surface area contributed by atoms with E-state index in [-0.39, 0.29) is 32.5 Å². The molecule has 1 N–H and O–H groups in total. The van der Waals surface area contributed by atoms with E-state index >= 15 is 0 Å². The number of amides is 1. The van der Waals surface area contributed by atoms with E-state index in [4.69, 9.17) is 0 Å². The molecule has 0 aromatic heterocycles. The fourth-order valence-electron chi connectivity index (χ4n) is 3.39. The van der Waals surface area contributed by atoms with Gasteiger partial charge >= 0.3 is 12.4 Å². The van der Waals surface area contributed by atoms with E-state index in [9.17, 15) is 36.0 Å². The van der Waals surface area contributed by atoms with Gasteiger partial charge in [-0.3, -0.25) is 4.79 Å². The molecular formula is C20H17BrF6N2O2. The Balaban J connectivity index is 2.56. The van der Waals surface area contributed by atoms with Crippen LogP contribution in [0.25, 0.3) is 0 Å². The molecule has 0 bridgehead atoms. The van der Waals surface area contributed by atoms with Gasteiger partial charge in [-0.05, 0) is 76.3 Å². The number of nitrogens with one attached hydrogen (secondary N) is 1. The van der Waals surface area contributed by atoms with Crippen LogP contribution in [0.5, 0.6) is 0 Å². The first-order chi connectivity index (χ1) is 14.2. The normalized spacial score (nSPS) is 12.6. The molecule has 0 atom stereocenters. The van der Waals surface area contributed by atoms with Crippen LogP contribution in [0, 0.1) is 18.8 Å². The average Bonchev–Trinajstić information content (AvgIpc) is 2.63. The Hall–Kier alpha value is -2.43. The van der Waals surface area contributed by atoms with Gasteiger partial charge < -0.3 is 5.32 Å². The number of anilines is 1. The van der Waals surface area contributed by atoms with Crippen molar-refractivity contribution in [1.82, 2.24) is 0 Å². The molecule has 0 saturated carbocycles. The highest BCUT2D eigenvalue weighted by Gasteiger charge is 2.70. The number of nitrogens with zero attached hydrogens (tertiary/aromatic N) is 1. The lowest BCUT2D eigenvalue weighted by molar-refractivity contribution is -0.304.